The normalized spacial score (nSPS) is 14.2. The van der Waals surface area contributed by atoms with Crippen molar-refractivity contribution in [3.8, 4) is 0 Å². The van der Waals surface area contributed by atoms with Crippen LogP contribution in [0.3, 0.4) is 0 Å². The molecular weight excluding hydrogens is 300 g/mol. The summed E-state index contributed by atoms with van der Waals surface area (Å²) in [5, 5.41) is 17.6. The first-order valence-corrected chi connectivity index (χ1v) is 10.6. The molecule has 0 radical (unpaired) electrons. The minimum atomic E-state index is -2.32. The van der Waals surface area contributed by atoms with Gasteiger partial charge in [0.15, 0.2) is 0 Å². The number of aliphatic hydroxyl groups excluding tert-OH is 2. The van der Waals surface area contributed by atoms with E-state index < -0.39 is 8.80 Å². The number of unbranched alkanes of at least 4 members (excludes halogenated alkanes) is 1. The summed E-state index contributed by atoms with van der Waals surface area (Å²) in [4.78, 5) is 0. The van der Waals surface area contributed by atoms with E-state index in [0.717, 1.165) is 25.3 Å². The third kappa shape index (κ3) is 13.7. The molecule has 0 aliphatic rings. The summed E-state index contributed by atoms with van der Waals surface area (Å²) < 4.78 is 17.1. The highest BCUT2D eigenvalue weighted by molar-refractivity contribution is 6.60. The van der Waals surface area contributed by atoms with Crippen LogP contribution >= 0.6 is 0 Å². The van der Waals surface area contributed by atoms with Gasteiger partial charge in [-0.05, 0) is 47.0 Å². The fourth-order valence-corrected chi connectivity index (χ4v) is 4.74. The lowest BCUT2D eigenvalue weighted by Crippen LogP contribution is -2.45. The van der Waals surface area contributed by atoms with E-state index in [0.29, 0.717) is 26.2 Å². The van der Waals surface area contributed by atoms with Gasteiger partial charge in [0.1, 0.15) is 0 Å². The number of hydrogen-bond acceptors (Lipinski definition) is 5. The molecule has 2 atom stereocenters. The number of hydrogen-bond donors (Lipinski definition) is 2. The molecule has 0 rings (SSSR count). The summed E-state index contributed by atoms with van der Waals surface area (Å²) in [7, 11) is -2.32. The first-order valence-electron chi connectivity index (χ1n) is 8.69. The van der Waals surface area contributed by atoms with Crippen LogP contribution in [0, 0.1) is 0 Å². The van der Waals surface area contributed by atoms with E-state index in [1.165, 1.54) is 0 Å². The molecule has 0 aromatic rings. The van der Waals surface area contributed by atoms with Crippen LogP contribution in [0.5, 0.6) is 0 Å². The molecule has 2 unspecified atom stereocenters. The molecule has 0 fully saturated rings. The van der Waals surface area contributed by atoms with Gasteiger partial charge in [-0.15, -0.1) is 0 Å². The minimum Gasteiger partial charge on any atom is -0.393 e. The van der Waals surface area contributed by atoms with Crippen LogP contribution in [0.15, 0.2) is 0 Å². The Morgan fingerprint density at radius 1 is 0.864 bits per heavy atom. The molecule has 0 saturated carbocycles. The lowest BCUT2D eigenvalue weighted by atomic mass is 10.1. The second-order valence-corrected chi connectivity index (χ2v) is 7.96. The van der Waals surface area contributed by atoms with Crippen LogP contribution in [-0.4, -0.2) is 51.0 Å². The van der Waals surface area contributed by atoms with Crippen molar-refractivity contribution in [1.29, 1.82) is 0 Å². The molecule has 0 aromatic carbocycles. The van der Waals surface area contributed by atoms with Crippen molar-refractivity contribution < 1.29 is 23.5 Å². The zero-order valence-corrected chi connectivity index (χ0v) is 16.4. The topological polar surface area (TPSA) is 68.2 Å². The molecule has 0 aliphatic carbocycles. The highest BCUT2D eigenvalue weighted by Gasteiger charge is 2.39. The fraction of sp³-hybridized carbons (Fsp3) is 1.00. The Labute approximate surface area is 138 Å². The predicted octanol–water partition coefficient (Wildman–Crippen LogP) is 3.36. The molecule has 0 spiro atoms. The average molecular weight is 339 g/mol. The molecule has 5 nitrogen and oxygen atoms in total. The summed E-state index contributed by atoms with van der Waals surface area (Å²) in [5.74, 6) is 0. The molecular formula is C16H38O5Si. The van der Waals surface area contributed by atoms with Crippen molar-refractivity contribution in [2.75, 3.05) is 19.8 Å². The minimum absolute atomic E-state index is 0.324. The zero-order valence-electron chi connectivity index (χ0n) is 15.4. The van der Waals surface area contributed by atoms with Gasteiger partial charge >= 0.3 is 8.80 Å². The van der Waals surface area contributed by atoms with Crippen LogP contribution in [0.1, 0.15) is 67.2 Å². The highest BCUT2D eigenvalue weighted by Crippen LogP contribution is 2.18. The van der Waals surface area contributed by atoms with Gasteiger partial charge in [0, 0.05) is 25.9 Å². The van der Waals surface area contributed by atoms with E-state index in [1.54, 1.807) is 6.92 Å². The fourth-order valence-electron chi connectivity index (χ4n) is 1.95. The first kappa shape index (κ1) is 24.3. The van der Waals surface area contributed by atoms with Crippen LogP contribution in [0.25, 0.3) is 0 Å². The summed E-state index contributed by atoms with van der Waals surface area (Å²) in [6, 6.07) is 0.943. The molecule has 136 valence electrons. The van der Waals surface area contributed by atoms with Crippen LogP contribution in [0.2, 0.25) is 6.04 Å². The molecule has 0 bridgehead atoms. The lowest BCUT2D eigenvalue weighted by molar-refractivity contribution is 0.0707. The second kappa shape index (κ2) is 15.9. The molecule has 22 heavy (non-hydrogen) atoms. The summed E-state index contributed by atoms with van der Waals surface area (Å²) in [6.07, 6.45) is 2.80. The Balaban J connectivity index is 0. The smallest absolute Gasteiger partial charge is 0.393 e. The lowest BCUT2D eigenvalue weighted by Gasteiger charge is -2.28. The predicted molar refractivity (Wildman–Crippen MR) is 92.9 cm³/mol. The molecule has 0 saturated heterocycles. The van der Waals surface area contributed by atoms with E-state index in [-0.39, 0.29) is 12.2 Å². The van der Waals surface area contributed by atoms with Crippen molar-refractivity contribution in [2.45, 2.75) is 85.5 Å². The second-order valence-electron chi connectivity index (χ2n) is 5.23. The highest BCUT2D eigenvalue weighted by atomic mass is 28.4. The van der Waals surface area contributed by atoms with E-state index in [9.17, 15) is 0 Å². The summed E-state index contributed by atoms with van der Waals surface area (Å²) >= 11 is 0. The number of rotatable bonds is 12. The van der Waals surface area contributed by atoms with Gasteiger partial charge in [0.25, 0.3) is 0 Å². The van der Waals surface area contributed by atoms with Gasteiger partial charge in [-0.3, -0.25) is 0 Å². The average Bonchev–Trinajstić information content (AvgIpc) is 2.46. The molecule has 2 N–H and O–H groups in total. The maximum absolute atomic E-state index is 8.87. The van der Waals surface area contributed by atoms with E-state index in [2.05, 4.69) is 6.92 Å². The van der Waals surface area contributed by atoms with Crippen molar-refractivity contribution in [3.63, 3.8) is 0 Å². The molecule has 0 amide bonds. The zero-order chi connectivity index (χ0) is 17.4. The van der Waals surface area contributed by atoms with E-state index >= 15 is 0 Å². The van der Waals surface area contributed by atoms with Crippen molar-refractivity contribution in [2.24, 2.45) is 0 Å². The van der Waals surface area contributed by atoms with E-state index in [1.807, 2.05) is 27.7 Å². The maximum Gasteiger partial charge on any atom is 0.500 e. The molecule has 0 aliphatic heterocycles. The Bertz CT molecular complexity index is 210. The van der Waals surface area contributed by atoms with Gasteiger partial charge in [0.05, 0.1) is 12.2 Å². The van der Waals surface area contributed by atoms with Gasteiger partial charge in [-0.25, -0.2) is 0 Å². The van der Waals surface area contributed by atoms with Gasteiger partial charge < -0.3 is 23.5 Å². The van der Waals surface area contributed by atoms with Gasteiger partial charge in [0.2, 0.25) is 0 Å². The third-order valence-corrected chi connectivity index (χ3v) is 6.17. The van der Waals surface area contributed by atoms with Crippen molar-refractivity contribution in [3.05, 3.63) is 0 Å². The van der Waals surface area contributed by atoms with Crippen molar-refractivity contribution in [1.82, 2.24) is 0 Å². The number of aliphatic hydroxyl groups is 2. The Morgan fingerprint density at radius 3 is 1.55 bits per heavy atom. The van der Waals surface area contributed by atoms with Gasteiger partial charge in [-0.2, -0.15) is 0 Å². The summed E-state index contributed by atoms with van der Waals surface area (Å²) in [5.41, 5.74) is 0. The molecule has 0 heterocycles. The Morgan fingerprint density at radius 2 is 1.32 bits per heavy atom. The quantitative estimate of drug-likeness (QED) is 0.534. The molecule has 6 heteroatoms. The maximum atomic E-state index is 8.87. The van der Waals surface area contributed by atoms with Crippen LogP contribution in [0.4, 0.5) is 0 Å². The third-order valence-electron chi connectivity index (χ3n) is 3.01. The SMILES string of the molecule is CCC(O)CC(C)O.CCCC[Si](OCC)(OCC)OCC. The Hall–Kier alpha value is 0.0169. The standard InChI is InChI=1S/C10H24O3Si.C6H14O2/c1-5-9-10-14(11-6-2,12-7-3)13-8-4;1-3-6(8)4-5(2)7/h5-10H2,1-4H3;5-8H,3-4H2,1-2H3. The summed E-state index contributed by atoms with van der Waals surface area (Å²) in [6.45, 7) is 13.7. The first-order chi connectivity index (χ1) is 10.4. The van der Waals surface area contributed by atoms with Crippen molar-refractivity contribution >= 4 is 8.80 Å². The van der Waals surface area contributed by atoms with Crippen LogP contribution < -0.4 is 0 Å². The monoisotopic (exact) mass is 338 g/mol. The van der Waals surface area contributed by atoms with Crippen LogP contribution in [-0.2, 0) is 13.3 Å². The molecule has 0 aromatic heterocycles. The Kier molecular flexibility index (Phi) is 17.5. The van der Waals surface area contributed by atoms with E-state index in [4.69, 9.17) is 23.5 Å². The largest absolute Gasteiger partial charge is 0.500 e. The van der Waals surface area contributed by atoms with Gasteiger partial charge in [-0.1, -0.05) is 20.3 Å².